The van der Waals surface area contributed by atoms with Gasteiger partial charge < -0.3 is 16.0 Å². The van der Waals surface area contributed by atoms with E-state index in [4.69, 9.17) is 17.3 Å². The van der Waals surface area contributed by atoms with Gasteiger partial charge >= 0.3 is 0 Å². The second kappa shape index (κ2) is 6.09. The summed E-state index contributed by atoms with van der Waals surface area (Å²) in [5, 5.41) is 2.85. The molecule has 1 unspecified atom stereocenters. The Labute approximate surface area is 122 Å². The quantitative estimate of drug-likeness (QED) is 0.794. The number of amides is 2. The molecular weight excluding hydrogens is 280 g/mol. The molecule has 0 radical (unpaired) electrons. The Morgan fingerprint density at radius 2 is 2.30 bits per heavy atom. The van der Waals surface area contributed by atoms with Crippen LogP contribution in [0.25, 0.3) is 0 Å². The smallest absolute Gasteiger partial charge is 0.256 e. The monoisotopic (exact) mass is 296 g/mol. The van der Waals surface area contributed by atoms with Gasteiger partial charge in [-0.15, -0.1) is 0 Å². The fourth-order valence-electron chi connectivity index (χ4n) is 2.38. The summed E-state index contributed by atoms with van der Waals surface area (Å²) >= 11 is 5.80. The summed E-state index contributed by atoms with van der Waals surface area (Å²) in [4.78, 5) is 29.6. The lowest BCUT2D eigenvalue weighted by atomic mass is 9.96. The van der Waals surface area contributed by atoms with Gasteiger partial charge in [-0.1, -0.05) is 11.6 Å². The molecule has 3 N–H and O–H groups in total. The number of nitrogens with zero attached hydrogens (tertiary/aromatic N) is 2. The lowest BCUT2D eigenvalue weighted by Crippen LogP contribution is -2.45. The minimum absolute atomic E-state index is 0.0387. The molecule has 2 heterocycles. The van der Waals surface area contributed by atoms with Crippen molar-refractivity contribution in [2.45, 2.75) is 12.8 Å². The van der Waals surface area contributed by atoms with Crippen LogP contribution in [0.15, 0.2) is 12.3 Å². The van der Waals surface area contributed by atoms with Crippen molar-refractivity contribution in [2.75, 3.05) is 25.9 Å². The third-order valence-corrected chi connectivity index (χ3v) is 3.66. The van der Waals surface area contributed by atoms with Gasteiger partial charge in [0.2, 0.25) is 5.91 Å². The van der Waals surface area contributed by atoms with Crippen molar-refractivity contribution in [1.82, 2.24) is 15.2 Å². The van der Waals surface area contributed by atoms with E-state index < -0.39 is 0 Å². The SMILES string of the molecule is CNC(=O)C1CCCN(C(=O)c2cc(Cl)ncc2N)C1. The number of piperidine rings is 1. The standard InChI is InChI=1S/C13H17ClN4O2/c1-16-12(19)8-3-2-4-18(7-8)13(20)9-5-11(14)17-6-10(9)15/h5-6,8H,2-4,7,15H2,1H3,(H,16,19). The van der Waals surface area contributed by atoms with E-state index in [0.717, 1.165) is 12.8 Å². The summed E-state index contributed by atoms with van der Waals surface area (Å²) in [5.74, 6) is -0.417. The van der Waals surface area contributed by atoms with Crippen LogP contribution >= 0.6 is 11.6 Å². The normalized spacial score (nSPS) is 18.7. The molecule has 1 saturated heterocycles. The van der Waals surface area contributed by atoms with Crippen molar-refractivity contribution in [1.29, 1.82) is 0 Å². The van der Waals surface area contributed by atoms with Crippen LogP contribution < -0.4 is 11.1 Å². The molecule has 108 valence electrons. The molecule has 6 nitrogen and oxygen atoms in total. The zero-order valence-corrected chi connectivity index (χ0v) is 12.0. The minimum Gasteiger partial charge on any atom is -0.397 e. The molecule has 0 aromatic carbocycles. The van der Waals surface area contributed by atoms with Gasteiger partial charge in [0.25, 0.3) is 5.91 Å². The van der Waals surface area contributed by atoms with Gasteiger partial charge in [0.1, 0.15) is 5.15 Å². The number of nitrogen functional groups attached to an aromatic ring is 1. The highest BCUT2D eigenvalue weighted by Crippen LogP contribution is 2.22. The second-order valence-corrected chi connectivity index (χ2v) is 5.19. The summed E-state index contributed by atoms with van der Waals surface area (Å²) in [6, 6.07) is 1.46. The molecule has 1 atom stereocenters. The van der Waals surface area contributed by atoms with E-state index in [1.807, 2.05) is 0 Å². The average molecular weight is 297 g/mol. The Morgan fingerprint density at radius 3 is 3.00 bits per heavy atom. The lowest BCUT2D eigenvalue weighted by molar-refractivity contribution is -0.125. The number of carbonyl (C=O) groups is 2. The van der Waals surface area contributed by atoms with Crippen LogP contribution in [0.1, 0.15) is 23.2 Å². The van der Waals surface area contributed by atoms with Crippen LogP contribution in [0.2, 0.25) is 5.15 Å². The summed E-state index contributed by atoms with van der Waals surface area (Å²) in [6.07, 6.45) is 2.95. The second-order valence-electron chi connectivity index (χ2n) is 4.80. The first-order valence-electron chi connectivity index (χ1n) is 6.44. The Hall–Kier alpha value is -1.82. The van der Waals surface area contributed by atoms with Crippen LogP contribution in [0.3, 0.4) is 0 Å². The number of carbonyl (C=O) groups excluding carboxylic acids is 2. The zero-order chi connectivity index (χ0) is 14.7. The molecule has 1 fully saturated rings. The van der Waals surface area contributed by atoms with Crippen LogP contribution in [-0.4, -0.2) is 41.8 Å². The van der Waals surface area contributed by atoms with Gasteiger partial charge in [-0.05, 0) is 18.9 Å². The Morgan fingerprint density at radius 1 is 1.55 bits per heavy atom. The molecule has 1 aromatic rings. The fraction of sp³-hybridized carbons (Fsp3) is 0.462. The van der Waals surface area contributed by atoms with Crippen molar-refractivity contribution in [3.63, 3.8) is 0 Å². The van der Waals surface area contributed by atoms with Gasteiger partial charge in [0.05, 0.1) is 23.4 Å². The van der Waals surface area contributed by atoms with Crippen molar-refractivity contribution in [3.05, 3.63) is 23.0 Å². The number of hydrogen-bond acceptors (Lipinski definition) is 4. The molecule has 1 aliphatic heterocycles. The maximum atomic E-state index is 12.5. The fourth-order valence-corrected chi connectivity index (χ4v) is 2.53. The van der Waals surface area contributed by atoms with Crippen LogP contribution in [0, 0.1) is 5.92 Å². The molecule has 0 aliphatic carbocycles. The first-order chi connectivity index (χ1) is 9.52. The number of anilines is 1. The summed E-state index contributed by atoms with van der Waals surface area (Å²) in [7, 11) is 1.60. The van der Waals surface area contributed by atoms with Gasteiger partial charge in [-0.3, -0.25) is 9.59 Å². The maximum Gasteiger partial charge on any atom is 0.256 e. The maximum absolute atomic E-state index is 12.5. The average Bonchev–Trinajstić information content (AvgIpc) is 2.48. The van der Waals surface area contributed by atoms with Gasteiger partial charge in [-0.25, -0.2) is 4.98 Å². The minimum atomic E-state index is -0.208. The number of halogens is 1. The summed E-state index contributed by atoms with van der Waals surface area (Å²) in [6.45, 7) is 1.02. The van der Waals surface area contributed by atoms with E-state index in [-0.39, 0.29) is 22.9 Å². The number of hydrogen-bond donors (Lipinski definition) is 2. The number of nitrogens with two attached hydrogens (primary N) is 1. The van der Waals surface area contributed by atoms with Crippen LogP contribution in [0.4, 0.5) is 5.69 Å². The Bertz CT molecular complexity index is 535. The number of rotatable bonds is 2. The Balaban J connectivity index is 2.16. The number of nitrogens with one attached hydrogen (secondary N) is 1. The van der Waals surface area contributed by atoms with E-state index in [9.17, 15) is 9.59 Å². The van der Waals surface area contributed by atoms with Crippen molar-refractivity contribution in [2.24, 2.45) is 5.92 Å². The van der Waals surface area contributed by atoms with Gasteiger partial charge in [0, 0.05) is 20.1 Å². The molecule has 2 amide bonds. The van der Waals surface area contributed by atoms with Crippen LogP contribution in [0.5, 0.6) is 0 Å². The lowest BCUT2D eigenvalue weighted by Gasteiger charge is -2.32. The van der Waals surface area contributed by atoms with Crippen molar-refractivity contribution >= 4 is 29.1 Å². The highest BCUT2D eigenvalue weighted by Gasteiger charge is 2.29. The molecule has 0 spiro atoms. The molecule has 2 rings (SSSR count). The molecule has 0 bridgehead atoms. The van der Waals surface area contributed by atoms with E-state index in [2.05, 4.69) is 10.3 Å². The summed E-state index contributed by atoms with van der Waals surface area (Å²) < 4.78 is 0. The molecule has 0 saturated carbocycles. The number of likely N-dealkylation sites (tertiary alicyclic amines) is 1. The number of pyridine rings is 1. The predicted octanol–water partition coefficient (Wildman–Crippen LogP) is 0.915. The highest BCUT2D eigenvalue weighted by molar-refractivity contribution is 6.29. The van der Waals surface area contributed by atoms with E-state index >= 15 is 0 Å². The summed E-state index contributed by atoms with van der Waals surface area (Å²) in [5.41, 5.74) is 6.40. The molecular formula is C13H17ClN4O2. The van der Waals surface area contributed by atoms with Gasteiger partial charge in [-0.2, -0.15) is 0 Å². The van der Waals surface area contributed by atoms with Crippen LogP contribution in [-0.2, 0) is 4.79 Å². The molecule has 7 heteroatoms. The first kappa shape index (κ1) is 14.6. The molecule has 1 aromatic heterocycles. The van der Waals surface area contributed by atoms with E-state index in [0.29, 0.717) is 24.3 Å². The van der Waals surface area contributed by atoms with Gasteiger partial charge in [0.15, 0.2) is 0 Å². The third kappa shape index (κ3) is 3.01. The molecule has 1 aliphatic rings. The highest BCUT2D eigenvalue weighted by atomic mass is 35.5. The number of aromatic nitrogens is 1. The topological polar surface area (TPSA) is 88.3 Å². The van der Waals surface area contributed by atoms with Crippen molar-refractivity contribution in [3.8, 4) is 0 Å². The van der Waals surface area contributed by atoms with E-state index in [1.165, 1.54) is 12.3 Å². The largest absolute Gasteiger partial charge is 0.397 e. The first-order valence-corrected chi connectivity index (χ1v) is 6.82. The third-order valence-electron chi connectivity index (χ3n) is 3.46. The zero-order valence-electron chi connectivity index (χ0n) is 11.2. The van der Waals surface area contributed by atoms with Crippen molar-refractivity contribution < 1.29 is 9.59 Å². The van der Waals surface area contributed by atoms with E-state index in [1.54, 1.807) is 11.9 Å². The Kier molecular flexibility index (Phi) is 4.44. The predicted molar refractivity (Wildman–Crippen MR) is 76.4 cm³/mol. The molecule has 20 heavy (non-hydrogen) atoms.